The van der Waals surface area contributed by atoms with Gasteiger partial charge in [-0.15, -0.1) is 0 Å². The van der Waals surface area contributed by atoms with Crippen molar-refractivity contribution in [2.45, 2.75) is 39.5 Å². The number of nitrogens with one attached hydrogen (secondary N) is 1. The third-order valence-electron chi connectivity index (χ3n) is 4.56. The van der Waals surface area contributed by atoms with E-state index in [0.29, 0.717) is 39.1 Å². The summed E-state index contributed by atoms with van der Waals surface area (Å²) in [5, 5.41) is 2.93. The van der Waals surface area contributed by atoms with Gasteiger partial charge in [0.15, 0.2) is 0 Å². The van der Waals surface area contributed by atoms with Crippen molar-refractivity contribution in [1.29, 1.82) is 0 Å². The molecule has 0 aromatic rings. The minimum Gasteiger partial charge on any atom is -0.356 e. The normalized spacial score (nSPS) is 24.1. The van der Waals surface area contributed by atoms with Gasteiger partial charge < -0.3 is 15.1 Å². The number of hydrogen-bond acceptors (Lipinski definition) is 3. The zero-order valence-electron chi connectivity index (χ0n) is 13.6. The van der Waals surface area contributed by atoms with Crippen LogP contribution in [0.25, 0.3) is 0 Å². The van der Waals surface area contributed by atoms with Crippen LogP contribution in [0.5, 0.6) is 0 Å². The van der Waals surface area contributed by atoms with Crippen molar-refractivity contribution in [3.05, 3.63) is 0 Å². The molecule has 0 radical (unpaired) electrons. The second-order valence-electron chi connectivity index (χ2n) is 6.28. The second kappa shape index (κ2) is 7.61. The van der Waals surface area contributed by atoms with Crippen LogP contribution in [0.4, 0.5) is 0 Å². The smallest absolute Gasteiger partial charge is 0.226 e. The van der Waals surface area contributed by atoms with E-state index in [9.17, 15) is 14.4 Å². The fourth-order valence-corrected chi connectivity index (χ4v) is 2.95. The van der Waals surface area contributed by atoms with Crippen LogP contribution in [0.1, 0.15) is 39.5 Å². The van der Waals surface area contributed by atoms with E-state index < -0.39 is 0 Å². The zero-order valence-corrected chi connectivity index (χ0v) is 13.6. The van der Waals surface area contributed by atoms with Crippen molar-refractivity contribution >= 4 is 17.7 Å². The van der Waals surface area contributed by atoms with Gasteiger partial charge >= 0.3 is 0 Å². The van der Waals surface area contributed by atoms with E-state index in [1.807, 2.05) is 0 Å². The third kappa shape index (κ3) is 4.21. The lowest BCUT2D eigenvalue weighted by Crippen LogP contribution is -2.50. The van der Waals surface area contributed by atoms with Gasteiger partial charge in [-0.3, -0.25) is 14.4 Å². The first-order valence-electron chi connectivity index (χ1n) is 8.36. The van der Waals surface area contributed by atoms with Gasteiger partial charge in [0, 0.05) is 39.6 Å². The number of carbonyl (C=O) groups excluding carboxylic acids is 3. The molecule has 1 N–H and O–H groups in total. The summed E-state index contributed by atoms with van der Waals surface area (Å²) in [6.45, 7) is 6.75. The van der Waals surface area contributed by atoms with Gasteiger partial charge in [0.2, 0.25) is 17.7 Å². The molecule has 1 aliphatic heterocycles. The van der Waals surface area contributed by atoms with Crippen LogP contribution in [0.15, 0.2) is 0 Å². The molecule has 6 nitrogen and oxygen atoms in total. The molecular weight excluding hydrogens is 282 g/mol. The lowest BCUT2D eigenvalue weighted by Gasteiger charge is -2.34. The third-order valence-corrected chi connectivity index (χ3v) is 4.56. The highest BCUT2D eigenvalue weighted by Gasteiger charge is 2.49. The largest absolute Gasteiger partial charge is 0.356 e. The SMILES string of the molecule is CCCCCNC(=O)C1CC1C(=O)N1CCN(C(C)=O)CC1. The Labute approximate surface area is 132 Å². The summed E-state index contributed by atoms with van der Waals surface area (Å²) in [6.07, 6.45) is 3.92. The summed E-state index contributed by atoms with van der Waals surface area (Å²) in [5.41, 5.74) is 0. The first kappa shape index (κ1) is 16.8. The Morgan fingerprint density at radius 1 is 1.00 bits per heavy atom. The number of nitrogens with zero attached hydrogens (tertiary/aromatic N) is 2. The molecule has 1 saturated heterocycles. The quantitative estimate of drug-likeness (QED) is 0.731. The van der Waals surface area contributed by atoms with Gasteiger partial charge in [-0.2, -0.15) is 0 Å². The number of rotatable bonds is 6. The highest BCUT2D eigenvalue weighted by molar-refractivity contribution is 5.92. The molecule has 0 spiro atoms. The Morgan fingerprint density at radius 3 is 2.23 bits per heavy atom. The van der Waals surface area contributed by atoms with Crippen molar-refractivity contribution in [3.63, 3.8) is 0 Å². The lowest BCUT2D eigenvalue weighted by molar-refractivity contribution is -0.140. The monoisotopic (exact) mass is 309 g/mol. The van der Waals surface area contributed by atoms with Crippen LogP contribution in [0, 0.1) is 11.8 Å². The Morgan fingerprint density at radius 2 is 1.64 bits per heavy atom. The summed E-state index contributed by atoms with van der Waals surface area (Å²) < 4.78 is 0. The van der Waals surface area contributed by atoms with Gasteiger partial charge in [-0.05, 0) is 12.8 Å². The standard InChI is InChI=1S/C16H27N3O3/c1-3-4-5-6-17-15(21)13-11-14(13)16(22)19-9-7-18(8-10-19)12(2)20/h13-14H,3-11H2,1-2H3,(H,17,21). The van der Waals surface area contributed by atoms with Crippen LogP contribution in [0.2, 0.25) is 0 Å². The summed E-state index contributed by atoms with van der Waals surface area (Å²) in [4.78, 5) is 39.2. The summed E-state index contributed by atoms with van der Waals surface area (Å²) in [6, 6.07) is 0. The van der Waals surface area contributed by atoms with Gasteiger partial charge in [-0.1, -0.05) is 19.8 Å². The molecule has 1 aliphatic carbocycles. The fourth-order valence-electron chi connectivity index (χ4n) is 2.95. The van der Waals surface area contributed by atoms with Gasteiger partial charge in [0.25, 0.3) is 0 Å². The predicted molar refractivity (Wildman–Crippen MR) is 83.0 cm³/mol. The second-order valence-corrected chi connectivity index (χ2v) is 6.28. The number of amides is 3. The Bertz CT molecular complexity index is 430. The summed E-state index contributed by atoms with van der Waals surface area (Å²) >= 11 is 0. The van der Waals surface area contributed by atoms with E-state index in [2.05, 4.69) is 12.2 Å². The first-order valence-corrected chi connectivity index (χ1v) is 8.36. The van der Waals surface area contributed by atoms with Crippen LogP contribution in [0.3, 0.4) is 0 Å². The van der Waals surface area contributed by atoms with Crippen molar-refractivity contribution in [3.8, 4) is 0 Å². The molecule has 2 fully saturated rings. The van der Waals surface area contributed by atoms with E-state index >= 15 is 0 Å². The van der Waals surface area contributed by atoms with Crippen molar-refractivity contribution < 1.29 is 14.4 Å². The van der Waals surface area contributed by atoms with Crippen LogP contribution in [-0.4, -0.2) is 60.2 Å². The van der Waals surface area contributed by atoms with Crippen LogP contribution >= 0.6 is 0 Å². The number of piperazine rings is 1. The van der Waals surface area contributed by atoms with Crippen LogP contribution in [-0.2, 0) is 14.4 Å². The maximum absolute atomic E-state index is 12.4. The maximum Gasteiger partial charge on any atom is 0.226 e. The van der Waals surface area contributed by atoms with Gasteiger partial charge in [0.1, 0.15) is 0 Å². The summed E-state index contributed by atoms with van der Waals surface area (Å²) in [7, 11) is 0. The molecule has 22 heavy (non-hydrogen) atoms. The minimum atomic E-state index is -0.143. The molecular formula is C16H27N3O3. The predicted octanol–water partition coefficient (Wildman–Crippen LogP) is 0.620. The Balaban J connectivity index is 1.70. The first-order chi connectivity index (χ1) is 10.5. The molecule has 1 heterocycles. The molecule has 2 rings (SSSR count). The van der Waals surface area contributed by atoms with Crippen molar-refractivity contribution in [2.24, 2.45) is 11.8 Å². The van der Waals surface area contributed by atoms with Crippen molar-refractivity contribution in [1.82, 2.24) is 15.1 Å². The fraction of sp³-hybridized carbons (Fsp3) is 0.812. The molecule has 6 heteroatoms. The average Bonchev–Trinajstić information content (AvgIpc) is 3.31. The van der Waals surface area contributed by atoms with E-state index in [-0.39, 0.29) is 29.6 Å². The van der Waals surface area contributed by atoms with E-state index in [1.165, 1.54) is 0 Å². The number of hydrogen-bond donors (Lipinski definition) is 1. The molecule has 124 valence electrons. The molecule has 0 aromatic carbocycles. The highest BCUT2D eigenvalue weighted by Crippen LogP contribution is 2.40. The number of carbonyl (C=O) groups is 3. The molecule has 0 aromatic heterocycles. The van der Waals surface area contributed by atoms with Gasteiger partial charge in [0.05, 0.1) is 11.8 Å². The highest BCUT2D eigenvalue weighted by atomic mass is 16.2. The Kier molecular flexibility index (Phi) is 5.80. The van der Waals surface area contributed by atoms with E-state index in [1.54, 1.807) is 16.7 Å². The van der Waals surface area contributed by atoms with Crippen LogP contribution < -0.4 is 5.32 Å². The molecule has 1 saturated carbocycles. The molecule has 0 bridgehead atoms. The Hall–Kier alpha value is -1.59. The number of unbranched alkanes of at least 4 members (excludes halogenated alkanes) is 2. The average molecular weight is 309 g/mol. The van der Waals surface area contributed by atoms with E-state index in [4.69, 9.17) is 0 Å². The zero-order chi connectivity index (χ0) is 16.1. The van der Waals surface area contributed by atoms with E-state index in [0.717, 1.165) is 19.3 Å². The maximum atomic E-state index is 12.4. The molecule has 2 aliphatic rings. The van der Waals surface area contributed by atoms with Gasteiger partial charge in [-0.25, -0.2) is 0 Å². The molecule has 2 unspecified atom stereocenters. The topological polar surface area (TPSA) is 69.7 Å². The minimum absolute atomic E-state index is 0.0248. The lowest BCUT2D eigenvalue weighted by atomic mass is 10.2. The summed E-state index contributed by atoms with van der Waals surface area (Å²) in [5.74, 6) is -0.119. The molecule has 2 atom stereocenters. The van der Waals surface area contributed by atoms with Crippen molar-refractivity contribution in [2.75, 3.05) is 32.7 Å². The molecule has 3 amide bonds.